The summed E-state index contributed by atoms with van der Waals surface area (Å²) in [4.78, 5) is 19.7. The standard InChI is InChI=1S/C15H17N3OS/c19-15(17-13-2-1-6-16-10-13)4-8-18-7-3-14-12(11-18)5-9-20-14/h1-2,5-6,9-10H,3-4,7-8,11H2,(H,17,19). The zero-order valence-corrected chi connectivity index (χ0v) is 12.0. The van der Waals surface area contributed by atoms with E-state index in [9.17, 15) is 4.79 Å². The molecule has 0 spiro atoms. The second-order valence-corrected chi connectivity index (χ2v) is 5.94. The van der Waals surface area contributed by atoms with Crippen molar-refractivity contribution in [1.29, 1.82) is 0 Å². The van der Waals surface area contributed by atoms with Gasteiger partial charge in [0, 0.05) is 37.1 Å². The second-order valence-electron chi connectivity index (χ2n) is 4.94. The summed E-state index contributed by atoms with van der Waals surface area (Å²) in [5.41, 5.74) is 2.19. The monoisotopic (exact) mass is 287 g/mol. The molecule has 0 aromatic carbocycles. The summed E-state index contributed by atoms with van der Waals surface area (Å²) in [6.07, 6.45) is 4.99. The predicted octanol–water partition coefficient (Wildman–Crippen LogP) is 2.53. The van der Waals surface area contributed by atoms with Crippen molar-refractivity contribution >= 4 is 22.9 Å². The van der Waals surface area contributed by atoms with Gasteiger partial charge in [0.15, 0.2) is 0 Å². The number of nitrogens with zero attached hydrogens (tertiary/aromatic N) is 2. The Kier molecular flexibility index (Phi) is 4.08. The molecule has 1 aliphatic heterocycles. The third kappa shape index (κ3) is 3.23. The molecule has 3 heterocycles. The van der Waals surface area contributed by atoms with E-state index in [1.807, 2.05) is 23.5 Å². The van der Waals surface area contributed by atoms with Crippen LogP contribution >= 0.6 is 11.3 Å². The summed E-state index contributed by atoms with van der Waals surface area (Å²) < 4.78 is 0. The Labute approximate surface area is 122 Å². The van der Waals surface area contributed by atoms with Crippen molar-refractivity contribution in [3.8, 4) is 0 Å². The zero-order chi connectivity index (χ0) is 13.8. The molecule has 1 amide bonds. The number of anilines is 1. The molecule has 0 unspecified atom stereocenters. The van der Waals surface area contributed by atoms with Crippen molar-refractivity contribution in [1.82, 2.24) is 9.88 Å². The first-order valence-corrected chi connectivity index (χ1v) is 7.67. The number of nitrogens with one attached hydrogen (secondary N) is 1. The van der Waals surface area contributed by atoms with Crippen LogP contribution in [0.2, 0.25) is 0 Å². The Balaban J connectivity index is 1.47. The van der Waals surface area contributed by atoms with Crippen molar-refractivity contribution in [2.24, 2.45) is 0 Å². The normalized spacial score (nSPS) is 14.8. The highest BCUT2D eigenvalue weighted by atomic mass is 32.1. The van der Waals surface area contributed by atoms with Crippen molar-refractivity contribution in [2.45, 2.75) is 19.4 Å². The number of rotatable bonds is 4. The Morgan fingerprint density at radius 3 is 3.25 bits per heavy atom. The molecule has 0 radical (unpaired) electrons. The van der Waals surface area contributed by atoms with Crippen LogP contribution in [-0.4, -0.2) is 28.9 Å². The molecule has 2 aromatic rings. The maximum absolute atomic E-state index is 11.9. The van der Waals surface area contributed by atoms with E-state index in [0.29, 0.717) is 6.42 Å². The lowest BCUT2D eigenvalue weighted by Gasteiger charge is -2.26. The van der Waals surface area contributed by atoms with Gasteiger partial charge < -0.3 is 5.32 Å². The Bertz CT molecular complexity index is 582. The number of carbonyl (C=O) groups is 1. The molecular weight excluding hydrogens is 270 g/mol. The van der Waals surface area contributed by atoms with Crippen LogP contribution in [-0.2, 0) is 17.8 Å². The lowest BCUT2D eigenvalue weighted by atomic mass is 10.1. The van der Waals surface area contributed by atoms with Crippen LogP contribution in [0.15, 0.2) is 36.0 Å². The molecule has 3 rings (SSSR count). The van der Waals surface area contributed by atoms with E-state index >= 15 is 0 Å². The molecule has 0 atom stereocenters. The molecule has 0 saturated heterocycles. The van der Waals surface area contributed by atoms with Gasteiger partial charge in [-0.25, -0.2) is 0 Å². The first-order chi connectivity index (χ1) is 9.81. The lowest BCUT2D eigenvalue weighted by molar-refractivity contribution is -0.116. The maximum Gasteiger partial charge on any atom is 0.225 e. The summed E-state index contributed by atoms with van der Waals surface area (Å²) >= 11 is 1.84. The average Bonchev–Trinajstić information content (AvgIpc) is 2.93. The number of amides is 1. The Hall–Kier alpha value is -1.72. The highest BCUT2D eigenvalue weighted by molar-refractivity contribution is 7.10. The van der Waals surface area contributed by atoms with Crippen LogP contribution in [0.25, 0.3) is 0 Å². The first-order valence-electron chi connectivity index (χ1n) is 6.79. The maximum atomic E-state index is 11.9. The molecule has 20 heavy (non-hydrogen) atoms. The summed E-state index contributed by atoms with van der Waals surface area (Å²) in [5.74, 6) is 0.0501. The molecule has 5 heteroatoms. The molecule has 0 aliphatic carbocycles. The minimum atomic E-state index is 0.0501. The lowest BCUT2D eigenvalue weighted by Crippen LogP contribution is -2.32. The molecule has 104 valence electrons. The number of carbonyl (C=O) groups excluding carboxylic acids is 1. The SMILES string of the molecule is O=C(CCN1CCc2sccc2C1)Nc1cccnc1. The van der Waals surface area contributed by atoms with Gasteiger partial charge in [-0.15, -0.1) is 11.3 Å². The van der Waals surface area contributed by atoms with Crippen LogP contribution in [0.1, 0.15) is 16.9 Å². The molecule has 2 aromatic heterocycles. The molecule has 1 N–H and O–H groups in total. The van der Waals surface area contributed by atoms with Crippen molar-refractivity contribution in [3.63, 3.8) is 0 Å². The number of hydrogen-bond acceptors (Lipinski definition) is 4. The smallest absolute Gasteiger partial charge is 0.225 e. The van der Waals surface area contributed by atoms with Gasteiger partial charge in [-0.2, -0.15) is 0 Å². The Morgan fingerprint density at radius 1 is 1.45 bits per heavy atom. The highest BCUT2D eigenvalue weighted by Crippen LogP contribution is 2.23. The summed E-state index contributed by atoms with van der Waals surface area (Å²) in [6, 6.07) is 5.86. The van der Waals surface area contributed by atoms with Crippen LogP contribution in [0.4, 0.5) is 5.69 Å². The quantitative estimate of drug-likeness (QED) is 0.940. The van der Waals surface area contributed by atoms with E-state index in [4.69, 9.17) is 0 Å². The fourth-order valence-corrected chi connectivity index (χ4v) is 3.31. The van der Waals surface area contributed by atoms with Crippen LogP contribution < -0.4 is 5.32 Å². The van der Waals surface area contributed by atoms with Crippen LogP contribution in [0.5, 0.6) is 0 Å². The van der Waals surface area contributed by atoms with Gasteiger partial charge in [-0.3, -0.25) is 14.7 Å². The molecule has 0 fully saturated rings. The van der Waals surface area contributed by atoms with Crippen molar-refractivity contribution in [3.05, 3.63) is 46.4 Å². The van der Waals surface area contributed by atoms with E-state index in [1.165, 1.54) is 10.4 Å². The number of thiophene rings is 1. The number of fused-ring (bicyclic) bond motifs is 1. The van der Waals surface area contributed by atoms with Gasteiger partial charge in [0.05, 0.1) is 11.9 Å². The van der Waals surface area contributed by atoms with E-state index in [2.05, 4.69) is 26.6 Å². The van der Waals surface area contributed by atoms with Gasteiger partial charge in [-0.1, -0.05) is 0 Å². The average molecular weight is 287 g/mol. The van der Waals surface area contributed by atoms with Crippen LogP contribution in [0, 0.1) is 0 Å². The topological polar surface area (TPSA) is 45.2 Å². The molecular formula is C15H17N3OS. The van der Waals surface area contributed by atoms with Gasteiger partial charge in [0.1, 0.15) is 0 Å². The largest absolute Gasteiger partial charge is 0.325 e. The number of pyridine rings is 1. The minimum absolute atomic E-state index is 0.0501. The van der Waals surface area contributed by atoms with Gasteiger partial charge in [-0.05, 0) is 35.6 Å². The van der Waals surface area contributed by atoms with Crippen molar-refractivity contribution < 1.29 is 4.79 Å². The van der Waals surface area contributed by atoms with Crippen LogP contribution in [0.3, 0.4) is 0 Å². The summed E-state index contributed by atoms with van der Waals surface area (Å²) in [7, 11) is 0. The summed E-state index contributed by atoms with van der Waals surface area (Å²) in [5, 5.41) is 5.03. The fourth-order valence-electron chi connectivity index (χ4n) is 2.42. The summed E-state index contributed by atoms with van der Waals surface area (Å²) in [6.45, 7) is 2.83. The number of hydrogen-bond donors (Lipinski definition) is 1. The zero-order valence-electron chi connectivity index (χ0n) is 11.2. The van der Waals surface area contributed by atoms with Gasteiger partial charge in [0.25, 0.3) is 0 Å². The first kappa shape index (κ1) is 13.3. The second kappa shape index (κ2) is 6.15. The molecule has 4 nitrogen and oxygen atoms in total. The predicted molar refractivity (Wildman–Crippen MR) is 80.8 cm³/mol. The minimum Gasteiger partial charge on any atom is -0.325 e. The van der Waals surface area contributed by atoms with E-state index in [0.717, 1.165) is 31.7 Å². The van der Waals surface area contributed by atoms with E-state index in [-0.39, 0.29) is 5.91 Å². The fraction of sp³-hybridized carbons (Fsp3) is 0.333. The van der Waals surface area contributed by atoms with E-state index in [1.54, 1.807) is 12.4 Å². The number of aromatic nitrogens is 1. The van der Waals surface area contributed by atoms with Gasteiger partial charge in [0.2, 0.25) is 5.91 Å². The molecule has 0 bridgehead atoms. The van der Waals surface area contributed by atoms with E-state index < -0.39 is 0 Å². The highest BCUT2D eigenvalue weighted by Gasteiger charge is 2.17. The molecule has 1 aliphatic rings. The Morgan fingerprint density at radius 2 is 2.40 bits per heavy atom. The third-order valence-electron chi connectivity index (χ3n) is 3.49. The third-order valence-corrected chi connectivity index (χ3v) is 4.51. The van der Waals surface area contributed by atoms with Gasteiger partial charge >= 0.3 is 0 Å². The van der Waals surface area contributed by atoms with Crippen molar-refractivity contribution in [2.75, 3.05) is 18.4 Å². The molecule has 0 saturated carbocycles.